The number of rotatable bonds is 4. The first-order valence-corrected chi connectivity index (χ1v) is 6.97. The number of Topliss-reactive ketones (excluding diaryl/α,β-unsaturated/α-hetero) is 1. The van der Waals surface area contributed by atoms with Crippen LogP contribution in [-0.4, -0.2) is 28.3 Å². The summed E-state index contributed by atoms with van der Waals surface area (Å²) in [5, 5.41) is 0. The van der Waals surface area contributed by atoms with Crippen LogP contribution in [0, 0.1) is 0 Å². The van der Waals surface area contributed by atoms with E-state index in [4.69, 9.17) is 0 Å². The third-order valence-corrected chi connectivity index (χ3v) is 3.75. The summed E-state index contributed by atoms with van der Waals surface area (Å²) >= 11 is 0. The Morgan fingerprint density at radius 3 is 2.78 bits per heavy atom. The topological polar surface area (TPSA) is 33.2 Å². The predicted molar refractivity (Wildman–Crippen MR) is 72.2 cm³/mol. The van der Waals surface area contributed by atoms with Gasteiger partial charge in [-0.25, -0.2) is 0 Å². The fraction of sp³-hybridized carbons (Fsp3) is 0.600. The van der Waals surface area contributed by atoms with E-state index in [0.717, 1.165) is 32.4 Å². The molecule has 1 fully saturated rings. The summed E-state index contributed by atoms with van der Waals surface area (Å²) in [6.45, 7) is 3.92. The van der Waals surface area contributed by atoms with Gasteiger partial charge in [-0.15, -0.1) is 0 Å². The zero-order valence-corrected chi connectivity index (χ0v) is 11.1. The molecule has 1 heterocycles. The van der Waals surface area contributed by atoms with E-state index in [1.54, 1.807) is 0 Å². The number of hydrogen-bond acceptors (Lipinski definition) is 3. The second kappa shape index (κ2) is 6.64. The summed E-state index contributed by atoms with van der Waals surface area (Å²) in [6.07, 6.45) is 8.88. The van der Waals surface area contributed by atoms with Crippen molar-refractivity contribution in [3.05, 3.63) is 30.1 Å². The Kier molecular flexibility index (Phi) is 4.88. The Morgan fingerprint density at radius 2 is 2.06 bits per heavy atom. The van der Waals surface area contributed by atoms with Crippen molar-refractivity contribution in [1.82, 2.24) is 9.88 Å². The molecule has 98 valence electrons. The van der Waals surface area contributed by atoms with Gasteiger partial charge in [-0.2, -0.15) is 0 Å². The summed E-state index contributed by atoms with van der Waals surface area (Å²) in [5.41, 5.74) is 1.24. The quantitative estimate of drug-likeness (QED) is 0.766. The van der Waals surface area contributed by atoms with Gasteiger partial charge in [0.05, 0.1) is 6.04 Å². The van der Waals surface area contributed by atoms with Crippen LogP contribution in [0.2, 0.25) is 0 Å². The zero-order chi connectivity index (χ0) is 12.8. The highest BCUT2D eigenvalue weighted by Gasteiger charge is 2.25. The second-order valence-electron chi connectivity index (χ2n) is 5.00. The number of pyridine rings is 1. The number of ketones is 1. The molecule has 0 radical (unpaired) electrons. The second-order valence-corrected chi connectivity index (χ2v) is 5.00. The Bertz CT molecular complexity index is 377. The molecule has 1 aromatic rings. The van der Waals surface area contributed by atoms with E-state index >= 15 is 0 Å². The maximum Gasteiger partial charge on any atom is 0.149 e. The first kappa shape index (κ1) is 13.2. The molecular weight excluding hydrogens is 224 g/mol. The van der Waals surface area contributed by atoms with Gasteiger partial charge in [0, 0.05) is 25.4 Å². The molecule has 3 nitrogen and oxygen atoms in total. The van der Waals surface area contributed by atoms with Crippen LogP contribution in [0.25, 0.3) is 0 Å². The summed E-state index contributed by atoms with van der Waals surface area (Å²) in [5.74, 6) is 0.434. The van der Waals surface area contributed by atoms with Crippen LogP contribution in [0.3, 0.4) is 0 Å². The van der Waals surface area contributed by atoms with Crippen molar-refractivity contribution in [2.24, 2.45) is 0 Å². The van der Waals surface area contributed by atoms with Crippen LogP contribution in [0.4, 0.5) is 0 Å². The summed E-state index contributed by atoms with van der Waals surface area (Å²) in [6, 6.07) is 4.19. The normalized spacial score (nSPS) is 21.0. The van der Waals surface area contributed by atoms with E-state index in [2.05, 4.69) is 16.8 Å². The van der Waals surface area contributed by atoms with Crippen molar-refractivity contribution in [3.8, 4) is 0 Å². The summed E-state index contributed by atoms with van der Waals surface area (Å²) < 4.78 is 0. The maximum atomic E-state index is 12.2. The van der Waals surface area contributed by atoms with Gasteiger partial charge in [0.1, 0.15) is 5.78 Å². The molecule has 2 rings (SSSR count). The average molecular weight is 246 g/mol. The van der Waals surface area contributed by atoms with Gasteiger partial charge in [-0.05, 0) is 37.1 Å². The number of carbonyl (C=O) groups is 1. The summed E-state index contributed by atoms with van der Waals surface area (Å²) in [7, 11) is 0. The highest BCUT2D eigenvalue weighted by Crippen LogP contribution is 2.20. The lowest BCUT2D eigenvalue weighted by Crippen LogP contribution is -2.40. The maximum absolute atomic E-state index is 12.2. The lowest BCUT2D eigenvalue weighted by atomic mass is 10.0. The molecule has 1 aliphatic rings. The van der Waals surface area contributed by atoms with Crippen molar-refractivity contribution in [3.63, 3.8) is 0 Å². The van der Waals surface area contributed by atoms with Crippen LogP contribution in [0.1, 0.15) is 44.6 Å². The molecule has 1 atom stereocenters. The highest BCUT2D eigenvalue weighted by molar-refractivity contribution is 5.84. The lowest BCUT2D eigenvalue weighted by Gasteiger charge is -2.28. The molecule has 18 heavy (non-hydrogen) atoms. The number of likely N-dealkylation sites (N-methyl/N-ethyl adjacent to an activating group) is 1. The molecule has 1 saturated carbocycles. The molecule has 1 aromatic heterocycles. The van der Waals surface area contributed by atoms with Gasteiger partial charge >= 0.3 is 0 Å². The van der Waals surface area contributed by atoms with E-state index in [1.807, 2.05) is 24.5 Å². The fourth-order valence-electron chi connectivity index (χ4n) is 2.69. The molecular formula is C15H22N2O. The van der Waals surface area contributed by atoms with Gasteiger partial charge in [0.15, 0.2) is 0 Å². The van der Waals surface area contributed by atoms with E-state index in [9.17, 15) is 4.79 Å². The first-order valence-electron chi connectivity index (χ1n) is 6.97. The summed E-state index contributed by atoms with van der Waals surface area (Å²) in [4.78, 5) is 18.5. The minimum Gasteiger partial charge on any atom is -0.298 e. The van der Waals surface area contributed by atoms with Crippen LogP contribution >= 0.6 is 0 Å². The van der Waals surface area contributed by atoms with Crippen LogP contribution in [-0.2, 0) is 11.3 Å². The van der Waals surface area contributed by atoms with E-state index in [1.165, 1.54) is 18.4 Å². The van der Waals surface area contributed by atoms with Gasteiger partial charge in [-0.3, -0.25) is 14.7 Å². The monoisotopic (exact) mass is 246 g/mol. The minimum absolute atomic E-state index is 0.130. The van der Waals surface area contributed by atoms with Crippen LogP contribution in [0.5, 0.6) is 0 Å². The number of hydrogen-bond donors (Lipinski definition) is 0. The van der Waals surface area contributed by atoms with Crippen LogP contribution in [0.15, 0.2) is 24.5 Å². The van der Waals surface area contributed by atoms with E-state index in [-0.39, 0.29) is 6.04 Å². The van der Waals surface area contributed by atoms with Gasteiger partial charge < -0.3 is 0 Å². The van der Waals surface area contributed by atoms with Crippen molar-refractivity contribution in [1.29, 1.82) is 0 Å². The molecule has 3 heteroatoms. The van der Waals surface area contributed by atoms with Crippen molar-refractivity contribution in [2.75, 3.05) is 6.54 Å². The molecule has 1 aliphatic carbocycles. The predicted octanol–water partition coefficient (Wildman–Crippen LogP) is 2.81. The highest BCUT2D eigenvalue weighted by atomic mass is 16.1. The molecule has 1 unspecified atom stereocenters. The van der Waals surface area contributed by atoms with Gasteiger partial charge in [0.25, 0.3) is 0 Å². The van der Waals surface area contributed by atoms with E-state index < -0.39 is 0 Å². The molecule has 0 N–H and O–H groups in total. The Morgan fingerprint density at radius 1 is 1.28 bits per heavy atom. The minimum atomic E-state index is 0.130. The third-order valence-electron chi connectivity index (χ3n) is 3.75. The van der Waals surface area contributed by atoms with E-state index in [0.29, 0.717) is 5.78 Å². The zero-order valence-electron chi connectivity index (χ0n) is 11.1. The Hall–Kier alpha value is -1.22. The first-order chi connectivity index (χ1) is 8.81. The lowest BCUT2D eigenvalue weighted by molar-refractivity contribution is -0.124. The fourth-order valence-corrected chi connectivity index (χ4v) is 2.69. The Balaban J connectivity index is 2.05. The molecule has 0 spiro atoms. The SMILES string of the molecule is CCN(Cc1ccncc1)C1CCCCCC1=O. The molecule has 0 aromatic carbocycles. The molecule has 0 bridgehead atoms. The third kappa shape index (κ3) is 3.39. The van der Waals surface area contributed by atoms with Crippen molar-refractivity contribution < 1.29 is 4.79 Å². The van der Waals surface area contributed by atoms with Crippen molar-refractivity contribution >= 4 is 5.78 Å². The smallest absolute Gasteiger partial charge is 0.149 e. The Labute approximate surface area is 109 Å². The van der Waals surface area contributed by atoms with Crippen molar-refractivity contribution in [2.45, 2.75) is 51.6 Å². The molecule has 0 amide bonds. The van der Waals surface area contributed by atoms with Crippen LogP contribution < -0.4 is 0 Å². The molecule has 0 saturated heterocycles. The standard InChI is InChI=1S/C15H22N2O/c1-2-17(12-13-8-10-16-11-9-13)14-6-4-3-5-7-15(14)18/h8-11,14H,2-7,12H2,1H3. The largest absolute Gasteiger partial charge is 0.298 e. The van der Waals surface area contributed by atoms with Gasteiger partial charge in [0.2, 0.25) is 0 Å². The molecule has 0 aliphatic heterocycles. The average Bonchev–Trinajstić information content (AvgIpc) is 2.62. The van der Waals surface area contributed by atoms with Gasteiger partial charge in [-0.1, -0.05) is 19.8 Å². The number of aromatic nitrogens is 1. The number of nitrogens with zero attached hydrogens (tertiary/aromatic N) is 2. The number of carbonyl (C=O) groups excluding carboxylic acids is 1.